The number of nitrogens with zero attached hydrogens (tertiary/aromatic N) is 1. The molecular formula is C16H19ClFN3OS. The van der Waals surface area contributed by atoms with Gasteiger partial charge in [-0.25, -0.2) is 9.37 Å². The number of rotatable bonds is 5. The van der Waals surface area contributed by atoms with Crippen molar-refractivity contribution in [1.82, 2.24) is 4.98 Å². The minimum atomic E-state index is -0.561. The Hall–Kier alpha value is -1.50. The topological polar surface area (TPSA) is 68.0 Å². The van der Waals surface area contributed by atoms with E-state index in [9.17, 15) is 9.18 Å². The van der Waals surface area contributed by atoms with Crippen LogP contribution in [-0.4, -0.2) is 16.9 Å². The number of nitrogens with one attached hydrogen (secondary N) is 1. The van der Waals surface area contributed by atoms with Crippen LogP contribution in [-0.2, 0) is 11.2 Å². The standard InChI is InChI=1S/C16H18FN3OS.ClH/c1-9(18)15(21)20-16-19-14(11-4-5-11)13(22-16)8-10-2-6-12(17)7-3-10;/h2-3,6-7,9,11H,4-5,8,18H2,1H3,(H,19,20,21);1H/t9-;/m1./s1. The van der Waals surface area contributed by atoms with E-state index in [0.29, 0.717) is 17.5 Å². The third-order valence-electron chi connectivity index (χ3n) is 3.61. The van der Waals surface area contributed by atoms with E-state index in [4.69, 9.17) is 5.73 Å². The van der Waals surface area contributed by atoms with Gasteiger partial charge in [-0.15, -0.1) is 23.7 Å². The average molecular weight is 356 g/mol. The Morgan fingerprint density at radius 3 is 2.65 bits per heavy atom. The average Bonchev–Trinajstić information content (AvgIpc) is 3.24. The molecule has 1 aliphatic rings. The lowest BCUT2D eigenvalue weighted by molar-refractivity contribution is -0.117. The minimum Gasteiger partial charge on any atom is -0.320 e. The number of halogens is 2. The van der Waals surface area contributed by atoms with Crippen molar-refractivity contribution < 1.29 is 9.18 Å². The van der Waals surface area contributed by atoms with Crippen molar-refractivity contribution in [2.45, 2.75) is 38.1 Å². The van der Waals surface area contributed by atoms with E-state index in [-0.39, 0.29) is 24.1 Å². The first kappa shape index (κ1) is 17.8. The van der Waals surface area contributed by atoms with Gasteiger partial charge < -0.3 is 11.1 Å². The van der Waals surface area contributed by atoms with Crippen LogP contribution in [0.5, 0.6) is 0 Å². The fourth-order valence-corrected chi connectivity index (χ4v) is 3.31. The van der Waals surface area contributed by atoms with E-state index in [0.717, 1.165) is 29.0 Å². The summed E-state index contributed by atoms with van der Waals surface area (Å²) in [6, 6.07) is 5.93. The number of amides is 1. The van der Waals surface area contributed by atoms with Crippen molar-refractivity contribution in [1.29, 1.82) is 0 Å². The van der Waals surface area contributed by atoms with Crippen LogP contribution in [0.15, 0.2) is 24.3 Å². The van der Waals surface area contributed by atoms with Gasteiger partial charge in [0.05, 0.1) is 11.7 Å². The summed E-state index contributed by atoms with van der Waals surface area (Å²) in [7, 11) is 0. The molecule has 0 saturated heterocycles. The summed E-state index contributed by atoms with van der Waals surface area (Å²) in [6.45, 7) is 1.64. The van der Waals surface area contributed by atoms with Crippen molar-refractivity contribution in [3.63, 3.8) is 0 Å². The quantitative estimate of drug-likeness (QED) is 0.863. The van der Waals surface area contributed by atoms with Crippen LogP contribution in [0.1, 0.15) is 41.8 Å². The van der Waals surface area contributed by atoms with Gasteiger partial charge in [0.15, 0.2) is 5.13 Å². The van der Waals surface area contributed by atoms with E-state index >= 15 is 0 Å². The molecule has 0 spiro atoms. The Morgan fingerprint density at radius 1 is 1.43 bits per heavy atom. The zero-order valence-electron chi connectivity index (χ0n) is 12.7. The minimum absolute atomic E-state index is 0. The van der Waals surface area contributed by atoms with Crippen LogP contribution in [0.25, 0.3) is 0 Å². The summed E-state index contributed by atoms with van der Waals surface area (Å²) in [5, 5.41) is 3.36. The molecule has 7 heteroatoms. The lowest BCUT2D eigenvalue weighted by Crippen LogP contribution is -2.32. The molecule has 1 fully saturated rings. The van der Waals surface area contributed by atoms with Gasteiger partial charge in [0.2, 0.25) is 5.91 Å². The van der Waals surface area contributed by atoms with Crippen LogP contribution < -0.4 is 11.1 Å². The number of aromatic nitrogens is 1. The molecule has 2 aromatic rings. The zero-order chi connectivity index (χ0) is 15.7. The molecule has 1 atom stereocenters. The molecule has 0 unspecified atom stereocenters. The molecular weight excluding hydrogens is 337 g/mol. The molecule has 1 aromatic carbocycles. The second kappa shape index (κ2) is 7.38. The van der Waals surface area contributed by atoms with Crippen LogP contribution in [0, 0.1) is 5.82 Å². The molecule has 1 aliphatic carbocycles. The lowest BCUT2D eigenvalue weighted by atomic mass is 10.1. The second-order valence-corrected chi connectivity index (χ2v) is 6.77. The maximum atomic E-state index is 13.0. The SMILES string of the molecule is C[C@@H](N)C(=O)Nc1nc(C2CC2)c(Cc2ccc(F)cc2)s1.Cl. The number of thiazole rings is 1. The molecule has 0 aliphatic heterocycles. The number of hydrogen-bond acceptors (Lipinski definition) is 4. The summed E-state index contributed by atoms with van der Waals surface area (Å²) in [5.74, 6) is 0.0254. The van der Waals surface area contributed by atoms with Crippen LogP contribution >= 0.6 is 23.7 Å². The Bertz CT molecular complexity index is 683. The molecule has 0 radical (unpaired) electrons. The summed E-state index contributed by atoms with van der Waals surface area (Å²) < 4.78 is 13.0. The Balaban J connectivity index is 0.00000192. The largest absolute Gasteiger partial charge is 0.320 e. The maximum absolute atomic E-state index is 13.0. The summed E-state index contributed by atoms with van der Waals surface area (Å²) in [4.78, 5) is 17.4. The third kappa shape index (κ3) is 4.50. The summed E-state index contributed by atoms with van der Waals surface area (Å²) in [5.41, 5.74) is 7.67. The monoisotopic (exact) mass is 355 g/mol. The first-order valence-electron chi connectivity index (χ1n) is 7.33. The maximum Gasteiger partial charge on any atom is 0.242 e. The van der Waals surface area contributed by atoms with E-state index in [1.807, 2.05) is 0 Å². The molecule has 3 rings (SSSR count). The number of carbonyl (C=O) groups is 1. The van der Waals surface area contributed by atoms with Gasteiger partial charge in [-0.3, -0.25) is 4.79 Å². The summed E-state index contributed by atoms with van der Waals surface area (Å²) in [6.07, 6.45) is 2.99. The van der Waals surface area contributed by atoms with Gasteiger partial charge in [-0.2, -0.15) is 0 Å². The normalized spacial score (nSPS) is 14.9. The fourth-order valence-electron chi connectivity index (χ4n) is 2.23. The van der Waals surface area contributed by atoms with E-state index in [1.165, 1.54) is 23.5 Å². The smallest absolute Gasteiger partial charge is 0.242 e. The Labute approximate surface area is 144 Å². The van der Waals surface area contributed by atoms with Gasteiger partial charge in [0.25, 0.3) is 0 Å². The number of carbonyl (C=O) groups excluding carboxylic acids is 1. The predicted octanol–water partition coefficient (Wildman–Crippen LogP) is 3.46. The molecule has 23 heavy (non-hydrogen) atoms. The van der Waals surface area contributed by atoms with E-state index in [1.54, 1.807) is 19.1 Å². The molecule has 1 amide bonds. The van der Waals surface area contributed by atoms with Gasteiger partial charge in [0, 0.05) is 17.2 Å². The number of nitrogens with two attached hydrogens (primary N) is 1. The molecule has 124 valence electrons. The van der Waals surface area contributed by atoms with Crippen LogP contribution in [0.4, 0.5) is 9.52 Å². The first-order valence-corrected chi connectivity index (χ1v) is 8.15. The van der Waals surface area contributed by atoms with Crippen LogP contribution in [0.3, 0.4) is 0 Å². The predicted molar refractivity (Wildman–Crippen MR) is 92.8 cm³/mol. The first-order chi connectivity index (χ1) is 10.5. The van der Waals surface area contributed by atoms with Crippen molar-refractivity contribution in [2.24, 2.45) is 5.73 Å². The van der Waals surface area contributed by atoms with Gasteiger partial charge in [0.1, 0.15) is 5.82 Å². The van der Waals surface area contributed by atoms with E-state index < -0.39 is 6.04 Å². The Kier molecular flexibility index (Phi) is 5.73. The molecule has 3 N–H and O–H groups in total. The van der Waals surface area contributed by atoms with Gasteiger partial charge >= 0.3 is 0 Å². The fraction of sp³-hybridized carbons (Fsp3) is 0.375. The highest BCUT2D eigenvalue weighted by molar-refractivity contribution is 7.15. The molecule has 1 heterocycles. The van der Waals surface area contributed by atoms with Crippen molar-refractivity contribution >= 4 is 34.8 Å². The van der Waals surface area contributed by atoms with Gasteiger partial charge in [-0.05, 0) is 37.5 Å². The number of hydrogen-bond donors (Lipinski definition) is 2. The van der Waals surface area contributed by atoms with Crippen LogP contribution in [0.2, 0.25) is 0 Å². The zero-order valence-corrected chi connectivity index (χ0v) is 14.3. The third-order valence-corrected chi connectivity index (χ3v) is 4.60. The Morgan fingerprint density at radius 2 is 2.09 bits per heavy atom. The molecule has 4 nitrogen and oxygen atoms in total. The highest BCUT2D eigenvalue weighted by Crippen LogP contribution is 2.44. The van der Waals surface area contributed by atoms with Gasteiger partial charge in [-0.1, -0.05) is 12.1 Å². The molecule has 1 aromatic heterocycles. The van der Waals surface area contributed by atoms with Crippen molar-refractivity contribution in [2.75, 3.05) is 5.32 Å². The molecule has 1 saturated carbocycles. The van der Waals surface area contributed by atoms with Crippen molar-refractivity contribution in [3.05, 3.63) is 46.2 Å². The van der Waals surface area contributed by atoms with E-state index in [2.05, 4.69) is 10.3 Å². The molecule has 0 bridgehead atoms. The number of anilines is 1. The second-order valence-electron chi connectivity index (χ2n) is 5.68. The van der Waals surface area contributed by atoms with Crippen molar-refractivity contribution in [3.8, 4) is 0 Å². The highest BCUT2D eigenvalue weighted by Gasteiger charge is 2.30. The highest BCUT2D eigenvalue weighted by atomic mass is 35.5. The number of benzene rings is 1. The summed E-state index contributed by atoms with van der Waals surface area (Å²) >= 11 is 1.48. The lowest BCUT2D eigenvalue weighted by Gasteiger charge is -2.03.